The topological polar surface area (TPSA) is 33.3 Å². The third-order valence-corrected chi connectivity index (χ3v) is 2.96. The molecule has 0 aliphatic heterocycles. The second-order valence-electron chi connectivity index (χ2n) is 4.28. The van der Waals surface area contributed by atoms with Crippen LogP contribution in [0.1, 0.15) is 5.56 Å². The number of methoxy groups -OCH3 is 1. The molecule has 104 valence electrons. The zero-order valence-corrected chi connectivity index (χ0v) is 12.1. The summed E-state index contributed by atoms with van der Waals surface area (Å²) in [6.45, 7) is 1.71. The Hall–Kier alpha value is -2.14. The number of benzene rings is 2. The molecule has 2 aromatic rings. The first kappa shape index (κ1) is 14.3. The average Bonchev–Trinajstić information content (AvgIpc) is 2.43. The molecule has 0 saturated heterocycles. The molecule has 0 aromatic heterocycles. The van der Waals surface area contributed by atoms with Crippen molar-refractivity contribution in [2.24, 2.45) is 0 Å². The fourth-order valence-electron chi connectivity index (χ4n) is 1.66. The molecule has 0 aliphatic rings. The number of aryl methyl sites for hydroxylation is 1. The zero-order valence-electron chi connectivity index (χ0n) is 11.2. The van der Waals surface area contributed by atoms with Crippen molar-refractivity contribution in [3.63, 3.8) is 0 Å². The molecular weight excluding hydrogens is 275 g/mol. The molecule has 0 atom stereocenters. The molecule has 0 bridgehead atoms. The Morgan fingerprint density at radius 2 is 1.80 bits per heavy atom. The van der Waals surface area contributed by atoms with Crippen molar-refractivity contribution in [2.45, 2.75) is 6.92 Å². The molecule has 0 heterocycles. The standard InChI is InChI=1S/C15H15FN2OS/c1-10-6-7-12(9-14(10)16)18-15(20)17-11-4-3-5-13(8-11)19-2/h3-9H,1-2H3,(H2,17,18,20). The Labute approximate surface area is 122 Å². The van der Waals surface area contributed by atoms with Gasteiger partial charge in [0.25, 0.3) is 0 Å². The first-order valence-electron chi connectivity index (χ1n) is 6.06. The second-order valence-corrected chi connectivity index (χ2v) is 4.68. The van der Waals surface area contributed by atoms with Gasteiger partial charge in [-0.3, -0.25) is 0 Å². The number of rotatable bonds is 3. The van der Waals surface area contributed by atoms with Crippen LogP contribution < -0.4 is 15.4 Å². The predicted molar refractivity (Wildman–Crippen MR) is 84.0 cm³/mol. The number of ether oxygens (including phenoxy) is 1. The van der Waals surface area contributed by atoms with Gasteiger partial charge in [-0.1, -0.05) is 12.1 Å². The minimum absolute atomic E-state index is 0.265. The van der Waals surface area contributed by atoms with E-state index in [0.29, 0.717) is 16.4 Å². The Kier molecular flexibility index (Phi) is 4.53. The van der Waals surface area contributed by atoms with E-state index in [1.54, 1.807) is 26.2 Å². The van der Waals surface area contributed by atoms with Gasteiger partial charge in [-0.15, -0.1) is 0 Å². The highest BCUT2D eigenvalue weighted by atomic mass is 32.1. The van der Waals surface area contributed by atoms with E-state index in [1.807, 2.05) is 24.3 Å². The van der Waals surface area contributed by atoms with Gasteiger partial charge in [0.05, 0.1) is 7.11 Å². The molecule has 0 aliphatic carbocycles. The van der Waals surface area contributed by atoms with E-state index >= 15 is 0 Å². The van der Waals surface area contributed by atoms with Gasteiger partial charge in [0.15, 0.2) is 5.11 Å². The highest BCUT2D eigenvalue weighted by Gasteiger charge is 2.03. The molecule has 5 heteroatoms. The van der Waals surface area contributed by atoms with E-state index in [-0.39, 0.29) is 5.82 Å². The highest BCUT2D eigenvalue weighted by molar-refractivity contribution is 7.80. The molecule has 0 spiro atoms. The fraction of sp³-hybridized carbons (Fsp3) is 0.133. The summed E-state index contributed by atoms with van der Waals surface area (Å²) < 4.78 is 18.6. The Balaban J connectivity index is 2.03. The summed E-state index contributed by atoms with van der Waals surface area (Å²) in [5.74, 6) is 0.471. The van der Waals surface area contributed by atoms with Gasteiger partial charge in [-0.2, -0.15) is 0 Å². The molecular formula is C15H15FN2OS. The lowest BCUT2D eigenvalue weighted by Crippen LogP contribution is -2.19. The van der Waals surface area contributed by atoms with Gasteiger partial charge in [-0.25, -0.2) is 4.39 Å². The molecule has 0 fully saturated rings. The molecule has 20 heavy (non-hydrogen) atoms. The second kappa shape index (κ2) is 6.34. The molecule has 2 rings (SSSR count). The van der Waals surface area contributed by atoms with Gasteiger partial charge in [0.1, 0.15) is 11.6 Å². The number of halogens is 1. The van der Waals surface area contributed by atoms with Crippen LogP contribution >= 0.6 is 12.2 Å². The van der Waals surface area contributed by atoms with E-state index in [0.717, 1.165) is 11.4 Å². The molecule has 0 unspecified atom stereocenters. The van der Waals surface area contributed by atoms with Crippen LogP contribution in [0.3, 0.4) is 0 Å². The van der Waals surface area contributed by atoms with Crippen LogP contribution in [0.5, 0.6) is 5.75 Å². The van der Waals surface area contributed by atoms with Crippen LogP contribution in [-0.4, -0.2) is 12.2 Å². The van der Waals surface area contributed by atoms with Crippen molar-refractivity contribution in [3.05, 3.63) is 53.8 Å². The SMILES string of the molecule is COc1cccc(NC(=S)Nc2ccc(C)c(F)c2)c1. The largest absolute Gasteiger partial charge is 0.497 e. The van der Waals surface area contributed by atoms with Gasteiger partial charge in [0, 0.05) is 17.4 Å². The van der Waals surface area contributed by atoms with Crippen LogP contribution in [0.4, 0.5) is 15.8 Å². The zero-order chi connectivity index (χ0) is 14.5. The Bertz CT molecular complexity index is 631. The number of hydrogen-bond donors (Lipinski definition) is 2. The van der Waals surface area contributed by atoms with Crippen molar-refractivity contribution >= 4 is 28.7 Å². The molecule has 2 N–H and O–H groups in total. The van der Waals surface area contributed by atoms with E-state index in [9.17, 15) is 4.39 Å². The lowest BCUT2D eigenvalue weighted by molar-refractivity contribution is 0.415. The van der Waals surface area contributed by atoms with Crippen LogP contribution in [0.25, 0.3) is 0 Å². The summed E-state index contributed by atoms with van der Waals surface area (Å²) in [5, 5.41) is 6.34. The summed E-state index contributed by atoms with van der Waals surface area (Å²) in [6.07, 6.45) is 0. The van der Waals surface area contributed by atoms with Crippen molar-refractivity contribution in [1.82, 2.24) is 0 Å². The molecule has 0 saturated carbocycles. The summed E-state index contributed by atoms with van der Waals surface area (Å²) >= 11 is 5.19. The molecule has 0 amide bonds. The van der Waals surface area contributed by atoms with E-state index < -0.39 is 0 Å². The maximum absolute atomic E-state index is 13.4. The number of anilines is 2. The number of nitrogens with one attached hydrogen (secondary N) is 2. The number of thiocarbonyl (C=S) groups is 1. The summed E-state index contributed by atoms with van der Waals surface area (Å²) in [5.41, 5.74) is 2.00. The van der Waals surface area contributed by atoms with Gasteiger partial charge < -0.3 is 15.4 Å². The first-order valence-corrected chi connectivity index (χ1v) is 6.47. The lowest BCUT2D eigenvalue weighted by atomic mass is 10.2. The van der Waals surface area contributed by atoms with Crippen molar-refractivity contribution in [1.29, 1.82) is 0 Å². The summed E-state index contributed by atoms with van der Waals surface area (Å²) in [6, 6.07) is 12.3. The smallest absolute Gasteiger partial charge is 0.175 e. The van der Waals surface area contributed by atoms with E-state index in [4.69, 9.17) is 17.0 Å². The quantitative estimate of drug-likeness (QED) is 0.839. The molecule has 3 nitrogen and oxygen atoms in total. The third kappa shape index (κ3) is 3.68. The highest BCUT2D eigenvalue weighted by Crippen LogP contribution is 2.18. The Morgan fingerprint density at radius 3 is 2.45 bits per heavy atom. The van der Waals surface area contributed by atoms with Gasteiger partial charge >= 0.3 is 0 Å². The molecule has 0 radical (unpaired) electrons. The first-order chi connectivity index (χ1) is 9.58. The summed E-state index contributed by atoms with van der Waals surface area (Å²) in [7, 11) is 1.60. The monoisotopic (exact) mass is 290 g/mol. The third-order valence-electron chi connectivity index (χ3n) is 2.76. The maximum Gasteiger partial charge on any atom is 0.175 e. The van der Waals surface area contributed by atoms with Crippen LogP contribution in [0, 0.1) is 12.7 Å². The molecule has 2 aromatic carbocycles. The predicted octanol–water partition coefficient (Wildman–Crippen LogP) is 3.95. The van der Waals surface area contributed by atoms with Gasteiger partial charge in [-0.05, 0) is 49.0 Å². The lowest BCUT2D eigenvalue weighted by Gasteiger charge is -2.11. The van der Waals surface area contributed by atoms with E-state index in [1.165, 1.54) is 6.07 Å². The fourth-order valence-corrected chi connectivity index (χ4v) is 1.90. The van der Waals surface area contributed by atoms with Gasteiger partial charge in [0.2, 0.25) is 0 Å². The van der Waals surface area contributed by atoms with Crippen LogP contribution in [0.15, 0.2) is 42.5 Å². The van der Waals surface area contributed by atoms with Crippen molar-refractivity contribution < 1.29 is 9.13 Å². The average molecular weight is 290 g/mol. The minimum atomic E-state index is -0.265. The van der Waals surface area contributed by atoms with Crippen molar-refractivity contribution in [2.75, 3.05) is 17.7 Å². The maximum atomic E-state index is 13.4. The van der Waals surface area contributed by atoms with Crippen LogP contribution in [-0.2, 0) is 0 Å². The Morgan fingerprint density at radius 1 is 1.10 bits per heavy atom. The van der Waals surface area contributed by atoms with E-state index in [2.05, 4.69) is 10.6 Å². The van der Waals surface area contributed by atoms with Crippen LogP contribution in [0.2, 0.25) is 0 Å². The normalized spacial score (nSPS) is 9.95. The van der Waals surface area contributed by atoms with Crippen molar-refractivity contribution in [3.8, 4) is 5.75 Å². The minimum Gasteiger partial charge on any atom is -0.497 e. The number of hydrogen-bond acceptors (Lipinski definition) is 2. The summed E-state index contributed by atoms with van der Waals surface area (Å²) in [4.78, 5) is 0.